The van der Waals surface area contributed by atoms with E-state index < -0.39 is 17.8 Å². The number of urea groups is 1. The highest BCUT2D eigenvalue weighted by atomic mass is 19.1. The summed E-state index contributed by atoms with van der Waals surface area (Å²) in [7, 11) is 0. The van der Waals surface area contributed by atoms with E-state index in [2.05, 4.69) is 5.32 Å². The van der Waals surface area contributed by atoms with Gasteiger partial charge in [-0.1, -0.05) is 42.5 Å². The minimum Gasteiger partial charge on any atom is -0.489 e. The Hall–Kier alpha value is -4.26. The number of hydrogen-bond acceptors (Lipinski definition) is 4. The Bertz CT molecular complexity index is 1160. The molecule has 1 fully saturated rings. The number of halogens is 1. The number of nitrogens with zero attached hydrogens (tertiary/aromatic N) is 1. The minimum absolute atomic E-state index is 0.150. The van der Waals surface area contributed by atoms with Crippen molar-refractivity contribution < 1.29 is 23.5 Å². The molecule has 0 saturated carbocycles. The molecule has 4 rings (SSSR count). The first kappa shape index (κ1) is 20.0. The molecule has 0 atom stereocenters. The van der Waals surface area contributed by atoms with E-state index >= 15 is 0 Å². The predicted octanol–water partition coefficient (Wildman–Crippen LogP) is 4.07. The van der Waals surface area contributed by atoms with Gasteiger partial charge in [-0.15, -0.1) is 0 Å². The fraction of sp³-hybridized carbons (Fsp3) is 0.0417. The van der Waals surface area contributed by atoms with Crippen molar-refractivity contribution in [1.82, 2.24) is 5.32 Å². The molecule has 6 nitrogen and oxygen atoms in total. The number of carbonyl (C=O) groups is 3. The zero-order valence-electron chi connectivity index (χ0n) is 16.2. The summed E-state index contributed by atoms with van der Waals surface area (Å²) in [6, 6.07) is 20.4. The Kier molecular flexibility index (Phi) is 5.57. The molecule has 0 radical (unpaired) electrons. The molecule has 0 aliphatic carbocycles. The van der Waals surface area contributed by atoms with Crippen LogP contribution in [0.4, 0.5) is 14.9 Å². The number of imide groups is 2. The van der Waals surface area contributed by atoms with Crippen molar-refractivity contribution >= 4 is 29.6 Å². The van der Waals surface area contributed by atoms with Crippen LogP contribution in [-0.2, 0) is 16.2 Å². The monoisotopic (exact) mass is 416 g/mol. The van der Waals surface area contributed by atoms with Crippen molar-refractivity contribution in [2.24, 2.45) is 0 Å². The van der Waals surface area contributed by atoms with Crippen LogP contribution in [0.5, 0.6) is 5.75 Å². The lowest BCUT2D eigenvalue weighted by Crippen LogP contribution is -2.54. The third kappa shape index (κ3) is 4.51. The van der Waals surface area contributed by atoms with Crippen LogP contribution in [0.2, 0.25) is 0 Å². The molecular formula is C24H17FN2O4. The highest BCUT2D eigenvalue weighted by Crippen LogP contribution is 2.22. The van der Waals surface area contributed by atoms with E-state index in [1.807, 2.05) is 0 Å². The third-order valence-corrected chi connectivity index (χ3v) is 4.63. The Morgan fingerprint density at radius 2 is 1.55 bits per heavy atom. The van der Waals surface area contributed by atoms with Crippen LogP contribution in [0.3, 0.4) is 0 Å². The normalized spacial score (nSPS) is 15.2. The molecule has 0 bridgehead atoms. The summed E-state index contributed by atoms with van der Waals surface area (Å²) in [6.45, 7) is 0.274. The van der Waals surface area contributed by atoms with Gasteiger partial charge >= 0.3 is 6.03 Å². The fourth-order valence-electron chi connectivity index (χ4n) is 3.04. The van der Waals surface area contributed by atoms with Crippen molar-refractivity contribution in [3.05, 3.63) is 101 Å². The van der Waals surface area contributed by atoms with Crippen LogP contribution < -0.4 is 15.0 Å². The highest BCUT2D eigenvalue weighted by molar-refractivity contribution is 6.39. The molecule has 4 amide bonds. The standard InChI is InChI=1S/C24H17FN2O4/c25-18-10-6-17(7-11-18)15-31-20-12-8-16(9-13-20)14-21-22(28)26-24(30)27(23(21)29)19-4-2-1-3-5-19/h1-14H,15H2,(H,26,28,30)/b21-14+. The number of rotatable bonds is 5. The molecular weight excluding hydrogens is 399 g/mol. The minimum atomic E-state index is -0.789. The SMILES string of the molecule is O=C1NC(=O)N(c2ccccc2)C(=O)/C1=C/c1ccc(OCc2ccc(F)cc2)cc1. The summed E-state index contributed by atoms with van der Waals surface area (Å²) in [4.78, 5) is 38.2. The van der Waals surface area contributed by atoms with Crippen molar-refractivity contribution in [3.8, 4) is 5.75 Å². The van der Waals surface area contributed by atoms with Crippen LogP contribution in [0, 0.1) is 5.82 Å². The molecule has 1 aliphatic heterocycles. The van der Waals surface area contributed by atoms with E-state index in [0.717, 1.165) is 10.5 Å². The number of amides is 4. The number of hydrogen-bond donors (Lipinski definition) is 1. The molecule has 1 heterocycles. The first-order valence-electron chi connectivity index (χ1n) is 9.45. The van der Waals surface area contributed by atoms with Gasteiger partial charge in [-0.2, -0.15) is 0 Å². The van der Waals surface area contributed by atoms with E-state index in [0.29, 0.717) is 17.0 Å². The van der Waals surface area contributed by atoms with Crippen LogP contribution in [0.1, 0.15) is 11.1 Å². The maximum Gasteiger partial charge on any atom is 0.335 e. The molecule has 3 aromatic carbocycles. The highest BCUT2D eigenvalue weighted by Gasteiger charge is 2.36. The molecule has 3 aromatic rings. The first-order chi connectivity index (χ1) is 15.0. The van der Waals surface area contributed by atoms with Crippen molar-refractivity contribution in [1.29, 1.82) is 0 Å². The summed E-state index contributed by atoms with van der Waals surface area (Å²) in [5, 5.41) is 2.19. The molecule has 0 unspecified atom stereocenters. The molecule has 154 valence electrons. The van der Waals surface area contributed by atoms with Gasteiger partial charge in [0.15, 0.2) is 0 Å². The second kappa shape index (κ2) is 8.62. The summed E-state index contributed by atoms with van der Waals surface area (Å²) in [5.41, 5.74) is 1.63. The van der Waals surface area contributed by atoms with Gasteiger partial charge in [0.05, 0.1) is 5.69 Å². The number of carbonyl (C=O) groups excluding carboxylic acids is 3. The topological polar surface area (TPSA) is 75.7 Å². The average molecular weight is 416 g/mol. The second-order valence-electron chi connectivity index (χ2n) is 6.78. The van der Waals surface area contributed by atoms with E-state index in [4.69, 9.17) is 4.74 Å². The smallest absolute Gasteiger partial charge is 0.335 e. The lowest BCUT2D eigenvalue weighted by Gasteiger charge is -2.26. The molecule has 1 aliphatic rings. The molecule has 1 saturated heterocycles. The van der Waals surface area contributed by atoms with E-state index in [1.165, 1.54) is 18.2 Å². The maximum absolute atomic E-state index is 13.0. The van der Waals surface area contributed by atoms with Gasteiger partial charge in [0.25, 0.3) is 11.8 Å². The number of anilines is 1. The van der Waals surface area contributed by atoms with Crippen molar-refractivity contribution in [2.75, 3.05) is 4.90 Å². The van der Waals surface area contributed by atoms with Gasteiger partial charge in [-0.25, -0.2) is 14.1 Å². The van der Waals surface area contributed by atoms with Crippen LogP contribution >= 0.6 is 0 Å². The number of nitrogens with one attached hydrogen (secondary N) is 1. The number of barbiturate groups is 1. The lowest BCUT2D eigenvalue weighted by atomic mass is 10.1. The Morgan fingerprint density at radius 3 is 2.23 bits per heavy atom. The largest absolute Gasteiger partial charge is 0.489 e. The molecule has 31 heavy (non-hydrogen) atoms. The van der Waals surface area contributed by atoms with Gasteiger partial charge in [-0.05, 0) is 53.6 Å². The number of ether oxygens (including phenoxy) is 1. The lowest BCUT2D eigenvalue weighted by molar-refractivity contribution is -0.122. The molecule has 1 N–H and O–H groups in total. The van der Waals surface area contributed by atoms with Gasteiger partial charge in [0.1, 0.15) is 23.7 Å². The Morgan fingerprint density at radius 1 is 0.871 bits per heavy atom. The summed E-state index contributed by atoms with van der Waals surface area (Å²) in [5.74, 6) is -1.18. The predicted molar refractivity (Wildman–Crippen MR) is 113 cm³/mol. The Labute approximate surface area is 177 Å². The molecule has 7 heteroatoms. The quantitative estimate of drug-likeness (QED) is 0.503. The van der Waals surface area contributed by atoms with Crippen molar-refractivity contribution in [3.63, 3.8) is 0 Å². The van der Waals surface area contributed by atoms with Gasteiger partial charge in [0.2, 0.25) is 0 Å². The zero-order valence-corrected chi connectivity index (χ0v) is 16.2. The summed E-state index contributed by atoms with van der Waals surface area (Å²) in [6.07, 6.45) is 1.42. The fourth-order valence-corrected chi connectivity index (χ4v) is 3.04. The average Bonchev–Trinajstić information content (AvgIpc) is 2.78. The zero-order chi connectivity index (χ0) is 21.8. The van der Waals surface area contributed by atoms with Crippen molar-refractivity contribution in [2.45, 2.75) is 6.61 Å². The molecule has 0 aromatic heterocycles. The number of para-hydroxylation sites is 1. The van der Waals surface area contributed by atoms with E-state index in [9.17, 15) is 18.8 Å². The van der Waals surface area contributed by atoms with Crippen LogP contribution in [-0.4, -0.2) is 17.8 Å². The van der Waals surface area contributed by atoms with Gasteiger partial charge < -0.3 is 4.74 Å². The number of benzene rings is 3. The Balaban J connectivity index is 1.50. The van der Waals surface area contributed by atoms with Crippen LogP contribution in [0.15, 0.2) is 84.4 Å². The summed E-state index contributed by atoms with van der Waals surface area (Å²) >= 11 is 0. The van der Waals surface area contributed by atoms with Gasteiger partial charge in [-0.3, -0.25) is 14.9 Å². The summed E-state index contributed by atoms with van der Waals surface area (Å²) < 4.78 is 18.6. The third-order valence-electron chi connectivity index (χ3n) is 4.63. The maximum atomic E-state index is 13.0. The second-order valence-corrected chi connectivity index (χ2v) is 6.78. The van der Waals surface area contributed by atoms with E-state index in [-0.39, 0.29) is 18.0 Å². The molecule has 0 spiro atoms. The van der Waals surface area contributed by atoms with E-state index in [1.54, 1.807) is 66.7 Å². The van der Waals surface area contributed by atoms with Gasteiger partial charge in [0, 0.05) is 0 Å². The van der Waals surface area contributed by atoms with Crippen LogP contribution in [0.25, 0.3) is 6.08 Å². The first-order valence-corrected chi connectivity index (χ1v) is 9.45.